The van der Waals surface area contributed by atoms with E-state index in [1.54, 1.807) is 7.11 Å². The molecular weight excluding hydrogens is 266 g/mol. The van der Waals surface area contributed by atoms with Crippen LogP contribution >= 0.6 is 0 Å². The van der Waals surface area contributed by atoms with Crippen molar-refractivity contribution in [2.24, 2.45) is 5.73 Å². The summed E-state index contributed by atoms with van der Waals surface area (Å²) >= 11 is 0. The molecule has 0 amide bonds. The number of methoxy groups -OCH3 is 1. The molecule has 4 nitrogen and oxygen atoms in total. The molecule has 2 aromatic rings. The van der Waals surface area contributed by atoms with Crippen LogP contribution in [-0.2, 0) is 17.9 Å². The molecule has 2 rings (SSSR count). The SMILES string of the molecule is COc1ccc(CN)cc1COCCOc1ccccc1. The van der Waals surface area contributed by atoms with Gasteiger partial charge in [-0.1, -0.05) is 24.3 Å². The first kappa shape index (κ1) is 15.4. The lowest BCUT2D eigenvalue weighted by Crippen LogP contribution is -2.07. The molecule has 0 atom stereocenters. The Hall–Kier alpha value is -2.04. The minimum absolute atomic E-state index is 0.481. The van der Waals surface area contributed by atoms with Crippen molar-refractivity contribution in [3.63, 3.8) is 0 Å². The van der Waals surface area contributed by atoms with Crippen LogP contribution in [0.2, 0.25) is 0 Å². The fraction of sp³-hybridized carbons (Fsp3) is 0.294. The molecule has 2 aromatic carbocycles. The Bertz CT molecular complexity index is 543. The first-order chi connectivity index (χ1) is 10.3. The fourth-order valence-corrected chi connectivity index (χ4v) is 1.99. The quantitative estimate of drug-likeness (QED) is 0.759. The van der Waals surface area contributed by atoms with Crippen molar-refractivity contribution in [3.8, 4) is 11.5 Å². The maximum Gasteiger partial charge on any atom is 0.124 e. The lowest BCUT2D eigenvalue weighted by molar-refractivity contribution is 0.0876. The van der Waals surface area contributed by atoms with Crippen LogP contribution < -0.4 is 15.2 Å². The van der Waals surface area contributed by atoms with E-state index in [2.05, 4.69) is 0 Å². The summed E-state index contributed by atoms with van der Waals surface area (Å²) in [6, 6.07) is 15.6. The predicted octanol–water partition coefficient (Wildman–Crippen LogP) is 2.75. The molecule has 0 spiro atoms. The standard InChI is InChI=1S/C17H21NO3/c1-19-17-8-7-14(12-18)11-15(17)13-20-9-10-21-16-5-3-2-4-6-16/h2-8,11H,9-10,12-13,18H2,1H3. The number of benzene rings is 2. The van der Waals surface area contributed by atoms with E-state index < -0.39 is 0 Å². The van der Waals surface area contributed by atoms with Crippen molar-refractivity contribution < 1.29 is 14.2 Å². The van der Waals surface area contributed by atoms with Crippen molar-refractivity contribution in [1.29, 1.82) is 0 Å². The third kappa shape index (κ3) is 4.77. The number of hydrogen-bond donors (Lipinski definition) is 1. The highest BCUT2D eigenvalue weighted by Crippen LogP contribution is 2.20. The topological polar surface area (TPSA) is 53.7 Å². The molecule has 0 fully saturated rings. The van der Waals surface area contributed by atoms with E-state index in [-0.39, 0.29) is 0 Å². The molecule has 0 saturated heterocycles. The van der Waals surface area contributed by atoms with E-state index in [1.165, 1.54) is 0 Å². The first-order valence-electron chi connectivity index (χ1n) is 6.95. The van der Waals surface area contributed by atoms with Gasteiger partial charge in [-0.15, -0.1) is 0 Å². The molecule has 0 radical (unpaired) electrons. The lowest BCUT2D eigenvalue weighted by Gasteiger charge is -2.11. The Morgan fingerprint density at radius 1 is 1.00 bits per heavy atom. The van der Waals surface area contributed by atoms with Crippen LogP contribution in [0.15, 0.2) is 48.5 Å². The molecule has 2 N–H and O–H groups in total. The normalized spacial score (nSPS) is 10.4. The van der Waals surface area contributed by atoms with Crippen molar-refractivity contribution in [2.75, 3.05) is 20.3 Å². The fourth-order valence-electron chi connectivity index (χ4n) is 1.99. The lowest BCUT2D eigenvalue weighted by atomic mass is 10.1. The summed E-state index contributed by atoms with van der Waals surface area (Å²) in [7, 11) is 1.65. The van der Waals surface area contributed by atoms with Gasteiger partial charge in [0.1, 0.15) is 18.1 Å². The molecule has 0 aliphatic rings. The molecule has 0 unspecified atom stereocenters. The molecule has 0 aromatic heterocycles. The second-order valence-electron chi connectivity index (χ2n) is 4.56. The van der Waals surface area contributed by atoms with Gasteiger partial charge in [-0.2, -0.15) is 0 Å². The second-order valence-corrected chi connectivity index (χ2v) is 4.56. The van der Waals surface area contributed by atoms with Crippen LogP contribution in [0.3, 0.4) is 0 Å². The van der Waals surface area contributed by atoms with E-state index >= 15 is 0 Å². The van der Waals surface area contributed by atoms with Gasteiger partial charge in [-0.3, -0.25) is 0 Å². The highest BCUT2D eigenvalue weighted by atomic mass is 16.5. The zero-order valence-corrected chi connectivity index (χ0v) is 12.2. The summed E-state index contributed by atoms with van der Waals surface area (Å²) in [5, 5.41) is 0. The zero-order valence-electron chi connectivity index (χ0n) is 12.2. The Balaban J connectivity index is 1.78. The Labute approximate surface area is 125 Å². The number of rotatable bonds is 8. The summed E-state index contributed by atoms with van der Waals surface area (Å²) in [6.45, 7) is 2.02. The number of nitrogens with two attached hydrogens (primary N) is 1. The van der Waals surface area contributed by atoms with Gasteiger partial charge in [-0.25, -0.2) is 0 Å². The highest BCUT2D eigenvalue weighted by Gasteiger charge is 2.04. The number of ether oxygens (including phenoxy) is 3. The third-order valence-corrected chi connectivity index (χ3v) is 3.08. The zero-order chi connectivity index (χ0) is 14.9. The molecule has 112 valence electrons. The van der Waals surface area contributed by atoms with Crippen molar-refractivity contribution in [1.82, 2.24) is 0 Å². The van der Waals surface area contributed by atoms with Crippen molar-refractivity contribution >= 4 is 0 Å². The Morgan fingerprint density at radius 2 is 1.81 bits per heavy atom. The average molecular weight is 287 g/mol. The molecule has 0 aliphatic heterocycles. The molecule has 0 bridgehead atoms. The maximum atomic E-state index is 5.65. The van der Waals surface area contributed by atoms with Gasteiger partial charge in [0, 0.05) is 12.1 Å². The van der Waals surface area contributed by atoms with E-state index in [9.17, 15) is 0 Å². The summed E-state index contributed by atoms with van der Waals surface area (Å²) < 4.78 is 16.5. The summed E-state index contributed by atoms with van der Waals surface area (Å²) in [5.74, 6) is 1.67. The van der Waals surface area contributed by atoms with Crippen LogP contribution in [0.25, 0.3) is 0 Å². The molecule has 4 heteroatoms. The van der Waals surface area contributed by atoms with Gasteiger partial charge in [0.25, 0.3) is 0 Å². The van der Waals surface area contributed by atoms with Crippen molar-refractivity contribution in [2.45, 2.75) is 13.2 Å². The maximum absolute atomic E-state index is 5.65. The minimum atomic E-state index is 0.481. The molecule has 0 aliphatic carbocycles. The number of para-hydroxylation sites is 1. The van der Waals surface area contributed by atoms with Gasteiger partial charge in [0.05, 0.1) is 20.3 Å². The van der Waals surface area contributed by atoms with Crippen molar-refractivity contribution in [3.05, 3.63) is 59.7 Å². The number of hydrogen-bond acceptors (Lipinski definition) is 4. The van der Waals surface area contributed by atoms with E-state index in [1.807, 2.05) is 48.5 Å². The van der Waals surface area contributed by atoms with Crippen LogP contribution in [0.5, 0.6) is 11.5 Å². The molecule has 0 heterocycles. The molecule has 0 saturated carbocycles. The Morgan fingerprint density at radius 3 is 2.52 bits per heavy atom. The molecular formula is C17H21NO3. The third-order valence-electron chi connectivity index (χ3n) is 3.08. The monoisotopic (exact) mass is 287 g/mol. The first-order valence-corrected chi connectivity index (χ1v) is 6.95. The van der Waals surface area contributed by atoms with Gasteiger partial charge in [0.15, 0.2) is 0 Å². The van der Waals surface area contributed by atoms with Crippen LogP contribution in [-0.4, -0.2) is 20.3 Å². The van der Waals surface area contributed by atoms with E-state index in [0.29, 0.717) is 26.4 Å². The largest absolute Gasteiger partial charge is 0.496 e. The smallest absolute Gasteiger partial charge is 0.124 e. The highest BCUT2D eigenvalue weighted by molar-refractivity contribution is 5.36. The summed E-state index contributed by atoms with van der Waals surface area (Å²) in [6.07, 6.45) is 0. The molecule has 21 heavy (non-hydrogen) atoms. The second kappa shape index (κ2) is 8.29. The van der Waals surface area contributed by atoms with E-state index in [4.69, 9.17) is 19.9 Å². The van der Waals surface area contributed by atoms with Crippen LogP contribution in [0, 0.1) is 0 Å². The average Bonchev–Trinajstić information content (AvgIpc) is 2.55. The van der Waals surface area contributed by atoms with Gasteiger partial charge in [0.2, 0.25) is 0 Å². The predicted molar refractivity (Wildman–Crippen MR) is 82.5 cm³/mol. The van der Waals surface area contributed by atoms with Gasteiger partial charge < -0.3 is 19.9 Å². The van der Waals surface area contributed by atoms with Gasteiger partial charge >= 0.3 is 0 Å². The summed E-state index contributed by atoms with van der Waals surface area (Å²) in [5.41, 5.74) is 7.71. The Kier molecular flexibility index (Phi) is 6.06. The van der Waals surface area contributed by atoms with Crippen LogP contribution in [0.4, 0.5) is 0 Å². The van der Waals surface area contributed by atoms with Crippen LogP contribution in [0.1, 0.15) is 11.1 Å². The van der Waals surface area contributed by atoms with E-state index in [0.717, 1.165) is 22.6 Å². The summed E-state index contributed by atoms with van der Waals surface area (Å²) in [4.78, 5) is 0. The van der Waals surface area contributed by atoms with Gasteiger partial charge in [-0.05, 0) is 29.8 Å². The minimum Gasteiger partial charge on any atom is -0.496 e.